The van der Waals surface area contributed by atoms with Gasteiger partial charge < -0.3 is 10.8 Å². The van der Waals surface area contributed by atoms with Crippen molar-refractivity contribution in [3.63, 3.8) is 0 Å². The Hall–Kier alpha value is -2.81. The van der Waals surface area contributed by atoms with Gasteiger partial charge in [-0.2, -0.15) is 5.10 Å². The molecule has 0 amide bonds. The minimum absolute atomic E-state index is 0.00465. The lowest BCUT2D eigenvalue weighted by atomic mass is 10.2. The Morgan fingerprint density at radius 2 is 2.10 bits per heavy atom. The van der Waals surface area contributed by atoms with Crippen LogP contribution < -0.4 is 5.73 Å². The third-order valence-corrected chi connectivity index (χ3v) is 2.57. The van der Waals surface area contributed by atoms with E-state index in [1.807, 2.05) is 0 Å². The number of hydrogen-bond acceptors (Lipinski definition) is 6. The summed E-state index contributed by atoms with van der Waals surface area (Å²) in [5.74, 6) is -0.783. The second-order valence-corrected chi connectivity index (χ2v) is 4.04. The summed E-state index contributed by atoms with van der Waals surface area (Å²) in [7, 11) is 0. The molecule has 1 heterocycles. The summed E-state index contributed by atoms with van der Waals surface area (Å²) in [6.07, 6.45) is 1.36. The summed E-state index contributed by atoms with van der Waals surface area (Å²) < 4.78 is 1.32. The highest BCUT2D eigenvalue weighted by Crippen LogP contribution is 2.18. The first-order valence-electron chi connectivity index (χ1n) is 5.60. The molecule has 2 aromatic rings. The number of benzene rings is 1. The van der Waals surface area contributed by atoms with Crippen LogP contribution in [0.5, 0.6) is 0 Å². The predicted molar refractivity (Wildman–Crippen MR) is 67.7 cm³/mol. The van der Waals surface area contributed by atoms with Gasteiger partial charge in [0, 0.05) is 17.7 Å². The van der Waals surface area contributed by atoms with Gasteiger partial charge in [-0.1, -0.05) is 0 Å². The maximum Gasteiger partial charge on any atom is 0.322 e. The first-order chi connectivity index (χ1) is 9.47. The van der Waals surface area contributed by atoms with Crippen LogP contribution in [-0.4, -0.2) is 36.8 Å². The van der Waals surface area contributed by atoms with Crippen molar-refractivity contribution >= 4 is 11.7 Å². The van der Waals surface area contributed by atoms with Gasteiger partial charge in [0.05, 0.1) is 11.5 Å². The molecule has 0 fully saturated rings. The van der Waals surface area contributed by atoms with Gasteiger partial charge in [-0.05, 0) is 12.1 Å². The van der Waals surface area contributed by atoms with E-state index in [1.165, 1.54) is 35.3 Å². The van der Waals surface area contributed by atoms with Gasteiger partial charge in [0.15, 0.2) is 5.82 Å². The van der Waals surface area contributed by atoms with Gasteiger partial charge in [0.2, 0.25) is 0 Å². The van der Waals surface area contributed by atoms with Gasteiger partial charge in [-0.15, -0.1) is 0 Å². The van der Waals surface area contributed by atoms with Gasteiger partial charge in [-0.3, -0.25) is 19.6 Å². The standard InChI is InChI=1S/C11H11N5O4/c12-9(11(17)18)5-15-6-13-10(14-15)7-1-3-8(4-2-7)16(19)20/h1-4,6,9H,5,12H2,(H,17,18). The molecule has 9 nitrogen and oxygen atoms in total. The number of aromatic nitrogens is 3. The van der Waals surface area contributed by atoms with Crippen LogP contribution in [0.25, 0.3) is 11.4 Å². The fourth-order valence-corrected chi connectivity index (χ4v) is 1.53. The van der Waals surface area contributed by atoms with Crippen LogP contribution >= 0.6 is 0 Å². The summed E-state index contributed by atoms with van der Waals surface area (Å²) >= 11 is 0. The summed E-state index contributed by atoms with van der Waals surface area (Å²) in [4.78, 5) is 24.7. The predicted octanol–water partition coefficient (Wildman–Crippen LogP) is 0.265. The Balaban J connectivity index is 2.16. The first-order valence-corrected chi connectivity index (χ1v) is 5.60. The number of nitro groups is 1. The first kappa shape index (κ1) is 13.6. The Morgan fingerprint density at radius 1 is 1.45 bits per heavy atom. The summed E-state index contributed by atoms with van der Waals surface area (Å²) in [6.45, 7) is -0.00465. The number of carboxylic acids is 1. The Bertz CT molecular complexity index is 637. The van der Waals surface area contributed by atoms with Crippen LogP contribution in [0.1, 0.15) is 0 Å². The zero-order chi connectivity index (χ0) is 14.7. The molecule has 0 saturated heterocycles. The molecule has 0 aliphatic rings. The van der Waals surface area contributed by atoms with E-state index in [0.717, 1.165) is 0 Å². The lowest BCUT2D eigenvalue weighted by Gasteiger charge is -2.04. The third-order valence-electron chi connectivity index (χ3n) is 2.57. The van der Waals surface area contributed by atoms with Crippen LogP contribution in [0.4, 0.5) is 5.69 Å². The van der Waals surface area contributed by atoms with E-state index in [0.29, 0.717) is 11.4 Å². The highest BCUT2D eigenvalue weighted by molar-refractivity contribution is 5.72. The molecule has 0 aliphatic heterocycles. The minimum atomic E-state index is -1.13. The average molecular weight is 277 g/mol. The number of carbonyl (C=O) groups is 1. The summed E-state index contributed by atoms with van der Waals surface area (Å²) in [5.41, 5.74) is 5.96. The fraction of sp³-hybridized carbons (Fsp3) is 0.182. The van der Waals surface area contributed by atoms with Crippen molar-refractivity contribution < 1.29 is 14.8 Å². The van der Waals surface area contributed by atoms with Crippen molar-refractivity contribution in [1.29, 1.82) is 0 Å². The summed E-state index contributed by atoms with van der Waals surface area (Å²) in [6, 6.07) is 4.67. The van der Waals surface area contributed by atoms with E-state index in [1.54, 1.807) is 0 Å². The van der Waals surface area contributed by atoms with E-state index >= 15 is 0 Å². The minimum Gasteiger partial charge on any atom is -0.480 e. The molecule has 2 rings (SSSR count). The van der Waals surface area contributed by atoms with Crippen molar-refractivity contribution in [3.8, 4) is 11.4 Å². The molecule has 1 atom stereocenters. The zero-order valence-corrected chi connectivity index (χ0v) is 10.2. The molecule has 104 valence electrons. The molecular formula is C11H11N5O4. The molecule has 20 heavy (non-hydrogen) atoms. The largest absolute Gasteiger partial charge is 0.480 e. The molecule has 1 aromatic carbocycles. The van der Waals surface area contributed by atoms with E-state index in [4.69, 9.17) is 10.8 Å². The zero-order valence-electron chi connectivity index (χ0n) is 10.2. The summed E-state index contributed by atoms with van der Waals surface area (Å²) in [5, 5.41) is 23.3. The maximum atomic E-state index is 10.6. The normalized spacial score (nSPS) is 12.1. The molecule has 0 spiro atoms. The topological polar surface area (TPSA) is 137 Å². The highest BCUT2D eigenvalue weighted by Gasteiger charge is 2.14. The number of rotatable bonds is 5. The van der Waals surface area contributed by atoms with Gasteiger partial charge in [0.1, 0.15) is 12.4 Å². The number of aliphatic carboxylic acids is 1. The number of nitro benzene ring substituents is 1. The number of hydrogen-bond donors (Lipinski definition) is 2. The number of nitrogens with two attached hydrogens (primary N) is 1. The van der Waals surface area contributed by atoms with Gasteiger partial charge in [-0.25, -0.2) is 4.98 Å². The van der Waals surface area contributed by atoms with Crippen molar-refractivity contribution in [2.75, 3.05) is 0 Å². The number of nitrogens with zero attached hydrogens (tertiary/aromatic N) is 4. The molecule has 0 saturated carbocycles. The van der Waals surface area contributed by atoms with Gasteiger partial charge in [0.25, 0.3) is 5.69 Å². The van der Waals surface area contributed by atoms with Crippen LogP contribution in [0.2, 0.25) is 0 Å². The Morgan fingerprint density at radius 3 is 2.65 bits per heavy atom. The molecule has 0 bridgehead atoms. The average Bonchev–Trinajstić information content (AvgIpc) is 2.87. The SMILES string of the molecule is NC(Cn1cnc(-c2ccc([N+](=O)[O-])cc2)n1)C(=O)O. The van der Waals surface area contributed by atoms with E-state index < -0.39 is 16.9 Å². The third kappa shape index (κ3) is 2.95. The fourth-order valence-electron chi connectivity index (χ4n) is 1.53. The Labute approximate surface area is 112 Å². The van der Waals surface area contributed by atoms with E-state index in [9.17, 15) is 14.9 Å². The lowest BCUT2D eigenvalue weighted by Crippen LogP contribution is -2.34. The molecule has 9 heteroatoms. The number of non-ortho nitro benzene ring substituents is 1. The second-order valence-electron chi connectivity index (χ2n) is 4.04. The molecular weight excluding hydrogens is 266 g/mol. The van der Waals surface area contributed by atoms with Crippen molar-refractivity contribution in [1.82, 2.24) is 14.8 Å². The van der Waals surface area contributed by atoms with Crippen molar-refractivity contribution in [2.24, 2.45) is 5.73 Å². The maximum absolute atomic E-state index is 10.6. The second kappa shape index (κ2) is 5.45. The molecule has 3 N–H and O–H groups in total. The smallest absolute Gasteiger partial charge is 0.322 e. The molecule has 1 unspecified atom stereocenters. The van der Waals surface area contributed by atoms with Crippen LogP contribution in [-0.2, 0) is 11.3 Å². The van der Waals surface area contributed by atoms with Crippen molar-refractivity contribution in [3.05, 3.63) is 40.7 Å². The lowest BCUT2D eigenvalue weighted by molar-refractivity contribution is -0.384. The molecule has 0 aliphatic carbocycles. The highest BCUT2D eigenvalue weighted by atomic mass is 16.6. The van der Waals surface area contributed by atoms with Crippen molar-refractivity contribution in [2.45, 2.75) is 12.6 Å². The van der Waals surface area contributed by atoms with E-state index in [-0.39, 0.29) is 12.2 Å². The van der Waals surface area contributed by atoms with Crippen LogP contribution in [0.15, 0.2) is 30.6 Å². The quantitative estimate of drug-likeness (QED) is 0.590. The number of carboxylic acid groups (broad SMARTS) is 1. The van der Waals surface area contributed by atoms with E-state index in [2.05, 4.69) is 10.1 Å². The monoisotopic (exact) mass is 277 g/mol. The Kier molecular flexibility index (Phi) is 3.71. The van der Waals surface area contributed by atoms with Crippen LogP contribution in [0, 0.1) is 10.1 Å². The van der Waals surface area contributed by atoms with Crippen LogP contribution in [0.3, 0.4) is 0 Å². The molecule has 1 aromatic heterocycles. The molecule has 0 radical (unpaired) electrons. The van der Waals surface area contributed by atoms with Gasteiger partial charge >= 0.3 is 5.97 Å².